The summed E-state index contributed by atoms with van der Waals surface area (Å²) in [6.45, 7) is 0. The topological polar surface area (TPSA) is 39.1 Å². The first-order valence-electron chi connectivity index (χ1n) is 5.81. The highest BCUT2D eigenvalue weighted by Crippen LogP contribution is 2.16. The molecule has 3 rings (SSSR count). The lowest BCUT2D eigenvalue weighted by Gasteiger charge is -1.98. The molecule has 0 spiro atoms. The van der Waals surface area contributed by atoms with Gasteiger partial charge in [0.1, 0.15) is 0 Å². The van der Waals surface area contributed by atoms with Gasteiger partial charge in [-0.2, -0.15) is 0 Å². The molecule has 4 heteroatoms. The highest BCUT2D eigenvalue weighted by molar-refractivity contribution is 6.31. The van der Waals surface area contributed by atoms with E-state index >= 15 is 0 Å². The standard InChI is InChI=1S/C15H10ClNO2/c1-17-13-7-6-9(16)8-12(13)14(18)10-4-2-3-5-11(10)15(17)19/h2-8H,1H3. The molecule has 1 heterocycles. The minimum absolute atomic E-state index is 0.175. The van der Waals surface area contributed by atoms with Gasteiger partial charge in [0.2, 0.25) is 0 Å². The molecule has 3 aromatic rings. The van der Waals surface area contributed by atoms with E-state index in [1.807, 2.05) is 0 Å². The minimum atomic E-state index is -0.190. The van der Waals surface area contributed by atoms with Crippen molar-refractivity contribution >= 4 is 33.3 Å². The maximum absolute atomic E-state index is 12.5. The van der Waals surface area contributed by atoms with Crippen LogP contribution in [0.5, 0.6) is 0 Å². The Labute approximate surface area is 113 Å². The number of benzene rings is 2. The summed E-state index contributed by atoms with van der Waals surface area (Å²) in [5.41, 5.74) is 0.214. The monoisotopic (exact) mass is 271 g/mol. The lowest BCUT2D eigenvalue weighted by atomic mass is 10.1. The van der Waals surface area contributed by atoms with Gasteiger partial charge in [0, 0.05) is 22.8 Å². The van der Waals surface area contributed by atoms with E-state index in [1.54, 1.807) is 49.5 Å². The highest BCUT2D eigenvalue weighted by atomic mass is 35.5. The van der Waals surface area contributed by atoms with Crippen molar-refractivity contribution in [2.75, 3.05) is 0 Å². The number of nitrogens with zero attached hydrogens (tertiary/aromatic N) is 1. The van der Waals surface area contributed by atoms with Crippen molar-refractivity contribution in [3.63, 3.8) is 0 Å². The molecule has 0 aliphatic rings. The van der Waals surface area contributed by atoms with E-state index in [-0.39, 0.29) is 11.0 Å². The zero-order chi connectivity index (χ0) is 13.6. The Morgan fingerprint density at radius 2 is 1.63 bits per heavy atom. The molecule has 0 amide bonds. The van der Waals surface area contributed by atoms with Crippen LogP contribution >= 0.6 is 11.6 Å². The summed E-state index contributed by atoms with van der Waals surface area (Å²) >= 11 is 5.95. The Morgan fingerprint density at radius 3 is 2.37 bits per heavy atom. The van der Waals surface area contributed by atoms with Gasteiger partial charge in [-0.3, -0.25) is 9.59 Å². The lowest BCUT2D eigenvalue weighted by molar-refractivity contribution is 0.921. The summed E-state index contributed by atoms with van der Waals surface area (Å²) in [6, 6.07) is 11.8. The third-order valence-corrected chi connectivity index (χ3v) is 3.51. The van der Waals surface area contributed by atoms with E-state index in [0.29, 0.717) is 26.7 Å². The fraction of sp³-hybridized carbons (Fsp3) is 0.0667. The van der Waals surface area contributed by atoms with E-state index in [9.17, 15) is 9.59 Å². The molecule has 0 N–H and O–H groups in total. The van der Waals surface area contributed by atoms with Crippen molar-refractivity contribution in [1.82, 2.24) is 4.57 Å². The smallest absolute Gasteiger partial charge is 0.258 e. The maximum Gasteiger partial charge on any atom is 0.258 e. The number of aryl methyl sites for hydroxylation is 1. The average Bonchev–Trinajstić information content (AvgIpc) is 2.51. The molecule has 0 radical (unpaired) electrons. The molecule has 0 aliphatic carbocycles. The molecule has 0 saturated heterocycles. The first-order valence-corrected chi connectivity index (χ1v) is 6.19. The summed E-state index contributed by atoms with van der Waals surface area (Å²) in [6.07, 6.45) is 0. The number of aromatic nitrogens is 1. The highest BCUT2D eigenvalue weighted by Gasteiger charge is 2.08. The summed E-state index contributed by atoms with van der Waals surface area (Å²) in [5, 5.41) is 1.77. The van der Waals surface area contributed by atoms with Crippen molar-refractivity contribution < 1.29 is 0 Å². The normalized spacial score (nSPS) is 11.1. The Kier molecular flexibility index (Phi) is 2.64. The molecule has 0 aliphatic heterocycles. The van der Waals surface area contributed by atoms with Crippen LogP contribution in [0.4, 0.5) is 0 Å². The van der Waals surface area contributed by atoms with E-state index in [4.69, 9.17) is 11.6 Å². The van der Waals surface area contributed by atoms with Gasteiger partial charge < -0.3 is 4.57 Å². The molecular formula is C15H10ClNO2. The van der Waals surface area contributed by atoms with E-state index in [2.05, 4.69) is 0 Å². The predicted octanol–water partition coefficient (Wildman–Crippen LogP) is 2.71. The molecule has 3 nitrogen and oxygen atoms in total. The third kappa shape index (κ3) is 1.74. The quantitative estimate of drug-likeness (QED) is 0.631. The lowest BCUT2D eigenvalue weighted by Crippen LogP contribution is -2.13. The van der Waals surface area contributed by atoms with Crippen molar-refractivity contribution in [2.24, 2.45) is 7.05 Å². The maximum atomic E-state index is 12.5. The van der Waals surface area contributed by atoms with Crippen molar-refractivity contribution in [2.45, 2.75) is 0 Å². The van der Waals surface area contributed by atoms with Crippen molar-refractivity contribution in [1.29, 1.82) is 0 Å². The fourth-order valence-electron chi connectivity index (χ4n) is 2.29. The summed E-state index contributed by atoms with van der Waals surface area (Å²) in [4.78, 5) is 24.9. The molecule has 19 heavy (non-hydrogen) atoms. The molecule has 1 aromatic heterocycles. The van der Waals surface area contributed by atoms with Gasteiger partial charge in [0.15, 0.2) is 5.43 Å². The van der Waals surface area contributed by atoms with E-state index < -0.39 is 0 Å². The first-order chi connectivity index (χ1) is 9.09. The second-order valence-electron chi connectivity index (χ2n) is 4.40. The Hall–Kier alpha value is -2.13. The first kappa shape index (κ1) is 11.9. The number of halogens is 1. The van der Waals surface area contributed by atoms with E-state index in [1.165, 1.54) is 4.57 Å². The molecule has 0 saturated carbocycles. The van der Waals surface area contributed by atoms with Crippen LogP contribution in [0.15, 0.2) is 52.1 Å². The Balaban J connectivity index is 2.81. The van der Waals surface area contributed by atoms with Gasteiger partial charge in [-0.25, -0.2) is 0 Å². The van der Waals surface area contributed by atoms with Crippen LogP contribution < -0.4 is 11.0 Å². The molecule has 0 unspecified atom stereocenters. The van der Waals surface area contributed by atoms with Crippen LogP contribution in [0.1, 0.15) is 0 Å². The second-order valence-corrected chi connectivity index (χ2v) is 4.84. The minimum Gasteiger partial charge on any atom is -0.311 e. The molecule has 0 fully saturated rings. The summed E-state index contributed by atoms with van der Waals surface area (Å²) < 4.78 is 1.48. The SMILES string of the molecule is Cn1c(=O)c2ccccc2c(=O)c2cc(Cl)ccc21. The van der Waals surface area contributed by atoms with Crippen molar-refractivity contribution in [3.8, 4) is 0 Å². The van der Waals surface area contributed by atoms with Gasteiger partial charge in [-0.05, 0) is 24.3 Å². The molecular weight excluding hydrogens is 262 g/mol. The molecule has 2 aromatic carbocycles. The van der Waals surface area contributed by atoms with Gasteiger partial charge >= 0.3 is 0 Å². The Bertz CT molecular complexity index is 929. The van der Waals surface area contributed by atoms with Crippen molar-refractivity contribution in [3.05, 3.63) is 68.1 Å². The average molecular weight is 272 g/mol. The van der Waals surface area contributed by atoms with Crippen LogP contribution in [0.25, 0.3) is 21.7 Å². The Morgan fingerprint density at radius 1 is 0.947 bits per heavy atom. The van der Waals surface area contributed by atoms with Gasteiger partial charge in [0.05, 0.1) is 10.9 Å². The second kappa shape index (κ2) is 4.21. The summed E-state index contributed by atoms with van der Waals surface area (Å²) in [5.74, 6) is 0. The predicted molar refractivity (Wildman–Crippen MR) is 78.0 cm³/mol. The molecule has 0 bridgehead atoms. The number of fused-ring (bicyclic) bond motifs is 2. The number of hydrogen-bond donors (Lipinski definition) is 0. The van der Waals surface area contributed by atoms with Crippen LogP contribution in [0.2, 0.25) is 5.02 Å². The van der Waals surface area contributed by atoms with Gasteiger partial charge in [-0.1, -0.05) is 29.8 Å². The number of rotatable bonds is 0. The molecule has 94 valence electrons. The fourth-order valence-corrected chi connectivity index (χ4v) is 2.46. The third-order valence-electron chi connectivity index (χ3n) is 3.27. The van der Waals surface area contributed by atoms with E-state index in [0.717, 1.165) is 0 Å². The van der Waals surface area contributed by atoms with Crippen LogP contribution in [-0.2, 0) is 7.05 Å². The van der Waals surface area contributed by atoms with Gasteiger partial charge in [0.25, 0.3) is 5.56 Å². The zero-order valence-electron chi connectivity index (χ0n) is 10.2. The van der Waals surface area contributed by atoms with Crippen LogP contribution in [0.3, 0.4) is 0 Å². The van der Waals surface area contributed by atoms with Crippen LogP contribution in [0, 0.1) is 0 Å². The van der Waals surface area contributed by atoms with Gasteiger partial charge in [-0.15, -0.1) is 0 Å². The largest absolute Gasteiger partial charge is 0.311 e. The zero-order valence-corrected chi connectivity index (χ0v) is 10.9. The number of hydrogen-bond acceptors (Lipinski definition) is 2. The molecule has 0 atom stereocenters. The van der Waals surface area contributed by atoms with Crippen LogP contribution in [-0.4, -0.2) is 4.57 Å². The summed E-state index contributed by atoms with van der Waals surface area (Å²) in [7, 11) is 1.66.